The van der Waals surface area contributed by atoms with E-state index in [0.717, 1.165) is 46.2 Å². The molecule has 160 valence electrons. The number of allylic oxidation sites excluding steroid dienone is 9. The average molecular weight is 426 g/mol. The largest absolute Gasteiger partial charge is 0.192 e. The van der Waals surface area contributed by atoms with Crippen molar-refractivity contribution in [3.63, 3.8) is 0 Å². The van der Waals surface area contributed by atoms with Crippen LogP contribution in [0.15, 0.2) is 116 Å². The molecule has 0 amide bonds. The fourth-order valence-corrected chi connectivity index (χ4v) is 4.17. The second-order valence-electron chi connectivity index (χ2n) is 8.02. The third-order valence-corrected chi connectivity index (χ3v) is 5.88. The maximum atomic E-state index is 9.89. The Morgan fingerprint density at radius 2 is 1.73 bits per heavy atom. The van der Waals surface area contributed by atoms with Crippen LogP contribution in [0.25, 0.3) is 33.4 Å². The second kappa shape index (κ2) is 10.4. The van der Waals surface area contributed by atoms with Gasteiger partial charge in [-0.2, -0.15) is 5.26 Å². The first-order valence-corrected chi connectivity index (χ1v) is 11.3. The average Bonchev–Trinajstić information content (AvgIpc) is 2.89. The molecule has 0 unspecified atom stereocenters. The molecule has 0 bridgehead atoms. The third kappa shape index (κ3) is 5.03. The molecule has 1 aliphatic rings. The molecule has 4 rings (SSSR count). The Bertz CT molecular complexity index is 1320. The van der Waals surface area contributed by atoms with E-state index in [1.165, 1.54) is 11.1 Å². The highest BCUT2D eigenvalue weighted by Crippen LogP contribution is 2.35. The van der Waals surface area contributed by atoms with Crippen LogP contribution < -0.4 is 0 Å². The first kappa shape index (κ1) is 22.1. The quantitative estimate of drug-likeness (QED) is 0.362. The topological polar surface area (TPSA) is 23.8 Å². The smallest absolute Gasteiger partial charge is 0.0998 e. The Morgan fingerprint density at radius 1 is 0.909 bits per heavy atom. The molecule has 0 spiro atoms. The van der Waals surface area contributed by atoms with Crippen molar-refractivity contribution in [2.75, 3.05) is 0 Å². The van der Waals surface area contributed by atoms with Crippen LogP contribution in [0.1, 0.15) is 36.5 Å². The normalized spacial score (nSPS) is 13.6. The molecule has 33 heavy (non-hydrogen) atoms. The van der Waals surface area contributed by atoms with E-state index in [1.807, 2.05) is 43.3 Å². The van der Waals surface area contributed by atoms with Gasteiger partial charge in [0, 0.05) is 5.56 Å². The molecule has 0 aromatic heterocycles. The van der Waals surface area contributed by atoms with E-state index < -0.39 is 0 Å². The highest BCUT2D eigenvalue weighted by Gasteiger charge is 2.13. The van der Waals surface area contributed by atoms with Gasteiger partial charge in [-0.05, 0) is 89.1 Å². The SMILES string of the molecule is C=C/C=C\C(=C/C)c1cc(C2=CCCC=C2)cc(-c2cc(-c3ccccc3)ccc2C#N)c1. The summed E-state index contributed by atoms with van der Waals surface area (Å²) in [6.07, 6.45) is 16.8. The van der Waals surface area contributed by atoms with Crippen molar-refractivity contribution in [2.45, 2.75) is 19.8 Å². The summed E-state index contributed by atoms with van der Waals surface area (Å²) in [5.41, 5.74) is 9.55. The lowest BCUT2D eigenvalue weighted by Gasteiger charge is -2.15. The Morgan fingerprint density at radius 3 is 2.42 bits per heavy atom. The Hall–Kier alpha value is -4.15. The standard InChI is InChI=1S/C32H27N/c1-3-5-12-24(4-2)29-19-30(26-15-10-7-11-16-26)21-31(20-29)32-22-27(17-18-28(32)23-33)25-13-8-6-9-14-25/h3-6,8-10,12-22H,1,7,11H2,2H3/b12-5-,24-4+. The van der Waals surface area contributed by atoms with E-state index >= 15 is 0 Å². The zero-order valence-corrected chi connectivity index (χ0v) is 19.0. The number of benzene rings is 3. The van der Waals surface area contributed by atoms with Gasteiger partial charge in [0.25, 0.3) is 0 Å². The van der Waals surface area contributed by atoms with E-state index in [4.69, 9.17) is 0 Å². The molecule has 1 nitrogen and oxygen atoms in total. The number of hydrogen-bond acceptors (Lipinski definition) is 1. The summed E-state index contributed by atoms with van der Waals surface area (Å²) in [6, 6.07) is 25.4. The minimum Gasteiger partial charge on any atom is -0.192 e. The zero-order chi connectivity index (χ0) is 23.0. The summed E-state index contributed by atoms with van der Waals surface area (Å²) in [5, 5.41) is 9.89. The van der Waals surface area contributed by atoms with Gasteiger partial charge in [-0.15, -0.1) is 0 Å². The third-order valence-electron chi connectivity index (χ3n) is 5.88. The van der Waals surface area contributed by atoms with E-state index in [1.54, 1.807) is 6.08 Å². The van der Waals surface area contributed by atoms with Crippen LogP contribution >= 0.6 is 0 Å². The predicted octanol–water partition coefficient (Wildman–Crippen LogP) is 8.77. The van der Waals surface area contributed by atoms with Crippen LogP contribution in [0.4, 0.5) is 0 Å². The molecule has 0 atom stereocenters. The molecule has 0 heterocycles. The molecule has 0 aliphatic heterocycles. The van der Waals surface area contributed by atoms with Crippen molar-refractivity contribution in [3.8, 4) is 28.3 Å². The summed E-state index contributed by atoms with van der Waals surface area (Å²) < 4.78 is 0. The van der Waals surface area contributed by atoms with Gasteiger partial charge in [0.05, 0.1) is 11.6 Å². The zero-order valence-electron chi connectivity index (χ0n) is 19.0. The molecule has 0 radical (unpaired) electrons. The van der Waals surface area contributed by atoms with Crippen LogP contribution in [-0.2, 0) is 0 Å². The van der Waals surface area contributed by atoms with Crippen LogP contribution in [0.3, 0.4) is 0 Å². The molecule has 0 N–H and O–H groups in total. The Balaban J connectivity index is 1.93. The lowest BCUT2D eigenvalue weighted by atomic mass is 9.89. The number of hydrogen-bond donors (Lipinski definition) is 0. The van der Waals surface area contributed by atoms with Crippen molar-refractivity contribution < 1.29 is 0 Å². The van der Waals surface area contributed by atoms with Crippen LogP contribution in [0.2, 0.25) is 0 Å². The van der Waals surface area contributed by atoms with Crippen molar-refractivity contribution in [3.05, 3.63) is 133 Å². The fourth-order valence-electron chi connectivity index (χ4n) is 4.17. The molecule has 1 heteroatoms. The number of nitrogens with zero attached hydrogens (tertiary/aromatic N) is 1. The van der Waals surface area contributed by atoms with Gasteiger partial charge in [0.1, 0.15) is 0 Å². The minimum absolute atomic E-state index is 0.676. The summed E-state index contributed by atoms with van der Waals surface area (Å²) in [7, 11) is 0. The Kier molecular flexibility index (Phi) is 6.98. The molecule has 0 fully saturated rings. The van der Waals surface area contributed by atoms with Gasteiger partial charge in [-0.25, -0.2) is 0 Å². The highest BCUT2D eigenvalue weighted by molar-refractivity contribution is 5.87. The lowest BCUT2D eigenvalue weighted by molar-refractivity contribution is 1.04. The molecule has 0 saturated carbocycles. The highest BCUT2D eigenvalue weighted by atomic mass is 14.3. The summed E-state index contributed by atoms with van der Waals surface area (Å²) in [4.78, 5) is 0. The van der Waals surface area contributed by atoms with Crippen molar-refractivity contribution in [2.24, 2.45) is 0 Å². The lowest BCUT2D eigenvalue weighted by Crippen LogP contribution is -1.94. The monoisotopic (exact) mass is 425 g/mol. The first-order valence-electron chi connectivity index (χ1n) is 11.3. The minimum atomic E-state index is 0.676. The van der Waals surface area contributed by atoms with Crippen LogP contribution in [0.5, 0.6) is 0 Å². The fraction of sp³-hybridized carbons (Fsp3) is 0.0938. The van der Waals surface area contributed by atoms with E-state index in [0.29, 0.717) is 5.56 Å². The molecule has 3 aromatic carbocycles. The molecule has 0 saturated heterocycles. The predicted molar refractivity (Wildman–Crippen MR) is 141 cm³/mol. The van der Waals surface area contributed by atoms with Crippen molar-refractivity contribution >= 4 is 11.1 Å². The Labute approximate surface area is 197 Å². The van der Waals surface area contributed by atoms with Crippen molar-refractivity contribution in [1.29, 1.82) is 5.26 Å². The van der Waals surface area contributed by atoms with Crippen molar-refractivity contribution in [1.82, 2.24) is 0 Å². The first-order chi connectivity index (χ1) is 16.2. The van der Waals surface area contributed by atoms with E-state index in [9.17, 15) is 5.26 Å². The number of nitriles is 1. The van der Waals surface area contributed by atoms with Gasteiger partial charge >= 0.3 is 0 Å². The summed E-state index contributed by atoms with van der Waals surface area (Å²) >= 11 is 0. The van der Waals surface area contributed by atoms with Gasteiger partial charge in [0.15, 0.2) is 0 Å². The molecular weight excluding hydrogens is 398 g/mol. The van der Waals surface area contributed by atoms with E-state index in [2.05, 4.69) is 79.4 Å². The molecule has 3 aromatic rings. The summed E-state index contributed by atoms with van der Waals surface area (Å²) in [6.45, 7) is 5.86. The van der Waals surface area contributed by atoms with Gasteiger partial charge in [-0.3, -0.25) is 0 Å². The molecule has 1 aliphatic carbocycles. The van der Waals surface area contributed by atoms with Gasteiger partial charge in [0.2, 0.25) is 0 Å². The maximum Gasteiger partial charge on any atom is 0.0998 e. The van der Waals surface area contributed by atoms with Gasteiger partial charge in [-0.1, -0.05) is 85.5 Å². The van der Waals surface area contributed by atoms with Crippen LogP contribution in [0, 0.1) is 11.3 Å². The van der Waals surface area contributed by atoms with Crippen LogP contribution in [-0.4, -0.2) is 0 Å². The van der Waals surface area contributed by atoms with E-state index in [-0.39, 0.29) is 0 Å². The maximum absolute atomic E-state index is 9.89. The number of rotatable bonds is 6. The second-order valence-corrected chi connectivity index (χ2v) is 8.02. The van der Waals surface area contributed by atoms with Gasteiger partial charge < -0.3 is 0 Å². The summed E-state index contributed by atoms with van der Waals surface area (Å²) in [5.74, 6) is 0. The molecular formula is C32H27N.